The first kappa shape index (κ1) is 18.5. The zero-order chi connectivity index (χ0) is 18.4. The number of aromatic nitrogens is 4. The van der Waals surface area contributed by atoms with Crippen LogP contribution >= 0.6 is 0 Å². The Kier molecular flexibility index (Phi) is 6.35. The van der Waals surface area contributed by atoms with Gasteiger partial charge in [-0.2, -0.15) is 0 Å². The largest absolute Gasteiger partial charge is 0.508 e. The van der Waals surface area contributed by atoms with Gasteiger partial charge in [-0.3, -0.25) is 0 Å². The van der Waals surface area contributed by atoms with Crippen LogP contribution in [-0.4, -0.2) is 38.6 Å². The number of phenols is 1. The highest BCUT2D eigenvalue weighted by Crippen LogP contribution is 2.39. The Morgan fingerprint density at radius 2 is 2.15 bits per heavy atom. The number of tetrazole rings is 1. The number of hydrogen-bond acceptors (Lipinski definition) is 6. The Morgan fingerprint density at radius 3 is 2.88 bits per heavy atom. The lowest BCUT2D eigenvalue weighted by Gasteiger charge is -2.38. The van der Waals surface area contributed by atoms with Crippen LogP contribution in [0.4, 0.5) is 0 Å². The zero-order valence-corrected chi connectivity index (χ0v) is 15.2. The normalized spacial score (nSPS) is 23.7. The summed E-state index contributed by atoms with van der Waals surface area (Å²) >= 11 is 0. The maximum Gasteiger partial charge on any atom is 0.160 e. The quantitative estimate of drug-likeness (QED) is 0.739. The molecule has 140 valence electrons. The Bertz CT molecular complexity index is 703. The molecule has 3 unspecified atom stereocenters. The molecule has 0 bridgehead atoms. The lowest BCUT2D eigenvalue weighted by atomic mass is 9.91. The summed E-state index contributed by atoms with van der Waals surface area (Å²) in [5, 5.41) is 24.0. The smallest absolute Gasteiger partial charge is 0.160 e. The van der Waals surface area contributed by atoms with Gasteiger partial charge < -0.3 is 14.6 Å². The van der Waals surface area contributed by atoms with E-state index in [0.29, 0.717) is 6.61 Å². The molecule has 1 aliphatic rings. The number of aryl methyl sites for hydroxylation is 1. The van der Waals surface area contributed by atoms with Crippen molar-refractivity contribution < 1.29 is 14.6 Å². The monoisotopic (exact) mass is 358 g/mol. The second-order valence-electron chi connectivity index (χ2n) is 6.92. The van der Waals surface area contributed by atoms with Crippen LogP contribution in [0.1, 0.15) is 44.2 Å². The molecule has 0 aliphatic carbocycles. The second kappa shape index (κ2) is 8.91. The number of hydrogen-bond donors (Lipinski definition) is 2. The summed E-state index contributed by atoms with van der Waals surface area (Å²) in [6, 6.07) is 7.38. The fourth-order valence-corrected chi connectivity index (χ4v) is 3.09. The van der Waals surface area contributed by atoms with Crippen molar-refractivity contribution in [1.82, 2.24) is 20.6 Å². The zero-order valence-electron chi connectivity index (χ0n) is 15.2. The standard InChI is InChI=1S/C19H26N4O3/c1-13(2)19-25-12-14(8-4-3-5-11-17-20-22-23-21-17)18(26-19)15-9-6-7-10-16(15)24/h3-4,6-7,9-10,13-14,18-19,24H,5,8,11-12H2,1-2H3,(H,20,21,22,23)/b4-3-. The Morgan fingerprint density at radius 1 is 1.31 bits per heavy atom. The number of para-hydroxylation sites is 1. The number of rotatable bonds is 7. The van der Waals surface area contributed by atoms with Crippen LogP contribution in [0, 0.1) is 11.8 Å². The topological polar surface area (TPSA) is 93.2 Å². The number of nitrogens with zero attached hydrogens (tertiary/aromatic N) is 3. The summed E-state index contributed by atoms with van der Waals surface area (Å²) < 4.78 is 12.1. The Hall–Kier alpha value is -2.25. The molecule has 7 nitrogen and oxygen atoms in total. The van der Waals surface area contributed by atoms with Gasteiger partial charge in [0.25, 0.3) is 0 Å². The van der Waals surface area contributed by atoms with Gasteiger partial charge in [-0.15, -0.1) is 5.10 Å². The maximum absolute atomic E-state index is 10.3. The van der Waals surface area contributed by atoms with E-state index >= 15 is 0 Å². The van der Waals surface area contributed by atoms with Gasteiger partial charge in [0, 0.05) is 23.8 Å². The molecule has 0 saturated carbocycles. The molecule has 3 rings (SSSR count). The number of H-pyrrole nitrogens is 1. The first-order valence-corrected chi connectivity index (χ1v) is 9.07. The van der Waals surface area contributed by atoms with Gasteiger partial charge >= 0.3 is 0 Å². The van der Waals surface area contributed by atoms with Crippen molar-refractivity contribution in [3.8, 4) is 5.75 Å². The maximum atomic E-state index is 10.3. The molecule has 2 N–H and O–H groups in total. The molecule has 7 heteroatoms. The van der Waals surface area contributed by atoms with E-state index < -0.39 is 0 Å². The van der Waals surface area contributed by atoms with Crippen LogP contribution in [0.15, 0.2) is 36.4 Å². The molecule has 0 amide bonds. The van der Waals surface area contributed by atoms with Gasteiger partial charge in [0.05, 0.1) is 12.7 Å². The van der Waals surface area contributed by atoms with Crippen LogP contribution in [0.5, 0.6) is 5.75 Å². The lowest BCUT2D eigenvalue weighted by molar-refractivity contribution is -0.255. The van der Waals surface area contributed by atoms with Crippen molar-refractivity contribution in [3.63, 3.8) is 0 Å². The van der Waals surface area contributed by atoms with E-state index in [1.807, 2.05) is 18.2 Å². The molecule has 0 radical (unpaired) electrons. The molecule has 1 saturated heterocycles. The highest BCUT2D eigenvalue weighted by molar-refractivity contribution is 5.34. The predicted octanol–water partition coefficient (Wildman–Crippen LogP) is 3.17. The van der Waals surface area contributed by atoms with E-state index in [2.05, 4.69) is 46.6 Å². The Balaban J connectivity index is 1.62. The molecular weight excluding hydrogens is 332 g/mol. The van der Waals surface area contributed by atoms with Crippen LogP contribution in [0.3, 0.4) is 0 Å². The van der Waals surface area contributed by atoms with Gasteiger partial charge in [-0.1, -0.05) is 44.2 Å². The fourth-order valence-electron chi connectivity index (χ4n) is 3.09. The molecule has 26 heavy (non-hydrogen) atoms. The fraction of sp³-hybridized carbons (Fsp3) is 0.526. The molecule has 1 aromatic carbocycles. The van der Waals surface area contributed by atoms with Gasteiger partial charge in [0.15, 0.2) is 6.29 Å². The highest BCUT2D eigenvalue weighted by Gasteiger charge is 2.34. The molecule has 2 aromatic rings. The minimum Gasteiger partial charge on any atom is -0.508 e. The first-order valence-electron chi connectivity index (χ1n) is 9.07. The van der Waals surface area contributed by atoms with E-state index in [0.717, 1.165) is 30.7 Å². The third-order valence-electron chi connectivity index (χ3n) is 4.51. The minimum atomic E-state index is -0.251. The number of benzene rings is 1. The number of ether oxygens (including phenoxy) is 2. The number of allylic oxidation sites excluding steroid dienone is 2. The Labute approximate surface area is 153 Å². The predicted molar refractivity (Wildman–Crippen MR) is 96.3 cm³/mol. The molecule has 0 spiro atoms. The summed E-state index contributed by atoms with van der Waals surface area (Å²) in [6.07, 6.45) is 6.29. The van der Waals surface area contributed by atoms with Crippen molar-refractivity contribution in [2.24, 2.45) is 11.8 Å². The summed E-state index contributed by atoms with van der Waals surface area (Å²) in [6.45, 7) is 4.76. The molecule has 3 atom stereocenters. The minimum absolute atomic E-state index is 0.154. The van der Waals surface area contributed by atoms with Crippen molar-refractivity contribution in [2.75, 3.05) is 6.61 Å². The van der Waals surface area contributed by atoms with Crippen molar-refractivity contribution in [1.29, 1.82) is 0 Å². The molecule has 1 fully saturated rings. The lowest BCUT2D eigenvalue weighted by Crippen LogP contribution is -2.37. The SMILES string of the molecule is CC(C)C1OCC(C/C=C\CCc2nnn[nH]2)C(c2ccccc2O)O1. The second-order valence-corrected chi connectivity index (χ2v) is 6.92. The third kappa shape index (κ3) is 4.68. The summed E-state index contributed by atoms with van der Waals surface area (Å²) in [5.74, 6) is 1.47. The van der Waals surface area contributed by atoms with E-state index in [-0.39, 0.29) is 30.0 Å². The third-order valence-corrected chi connectivity index (χ3v) is 4.51. The molecule has 1 aliphatic heterocycles. The first-order chi connectivity index (χ1) is 12.6. The average Bonchev–Trinajstić information content (AvgIpc) is 3.15. The van der Waals surface area contributed by atoms with Crippen molar-refractivity contribution >= 4 is 0 Å². The van der Waals surface area contributed by atoms with Gasteiger partial charge in [0.1, 0.15) is 11.6 Å². The van der Waals surface area contributed by atoms with Crippen LogP contribution < -0.4 is 0 Å². The summed E-state index contributed by atoms with van der Waals surface area (Å²) in [4.78, 5) is 0. The van der Waals surface area contributed by atoms with E-state index in [9.17, 15) is 5.11 Å². The molecule has 2 heterocycles. The van der Waals surface area contributed by atoms with Gasteiger partial charge in [-0.05, 0) is 29.3 Å². The van der Waals surface area contributed by atoms with Crippen LogP contribution in [-0.2, 0) is 15.9 Å². The summed E-state index contributed by atoms with van der Waals surface area (Å²) in [7, 11) is 0. The van der Waals surface area contributed by atoms with E-state index in [1.54, 1.807) is 6.07 Å². The molecule has 1 aromatic heterocycles. The van der Waals surface area contributed by atoms with Crippen molar-refractivity contribution in [3.05, 3.63) is 47.8 Å². The van der Waals surface area contributed by atoms with Crippen molar-refractivity contribution in [2.45, 2.75) is 45.5 Å². The van der Waals surface area contributed by atoms with Gasteiger partial charge in [-0.25, -0.2) is 5.10 Å². The van der Waals surface area contributed by atoms with Crippen LogP contribution in [0.25, 0.3) is 0 Å². The van der Waals surface area contributed by atoms with Gasteiger partial charge in [0.2, 0.25) is 0 Å². The highest BCUT2D eigenvalue weighted by atomic mass is 16.7. The molecular formula is C19H26N4O3. The van der Waals surface area contributed by atoms with Crippen LogP contribution in [0.2, 0.25) is 0 Å². The number of aromatic amines is 1. The average molecular weight is 358 g/mol. The number of nitrogens with one attached hydrogen (secondary N) is 1. The number of phenolic OH excluding ortho intramolecular Hbond substituents is 1. The van der Waals surface area contributed by atoms with E-state index in [1.165, 1.54) is 0 Å². The summed E-state index contributed by atoms with van der Waals surface area (Å²) in [5.41, 5.74) is 0.826. The number of aromatic hydroxyl groups is 1. The van der Waals surface area contributed by atoms with E-state index in [4.69, 9.17) is 9.47 Å².